The number of fused-ring (bicyclic) bond motifs is 2. The van der Waals surface area contributed by atoms with Gasteiger partial charge in [-0.1, -0.05) is 17.7 Å². The number of hydrogen-bond donors (Lipinski definition) is 2. The number of halogens is 3. The maximum absolute atomic E-state index is 14.0. The van der Waals surface area contributed by atoms with Crippen LogP contribution in [0, 0.1) is 11.6 Å². The summed E-state index contributed by atoms with van der Waals surface area (Å²) in [5.41, 5.74) is -1.77. The molecule has 1 saturated heterocycles. The van der Waals surface area contributed by atoms with Crippen LogP contribution in [0.3, 0.4) is 0 Å². The summed E-state index contributed by atoms with van der Waals surface area (Å²) < 4.78 is 34.1. The predicted molar refractivity (Wildman–Crippen MR) is 100 cm³/mol. The van der Waals surface area contributed by atoms with E-state index in [9.17, 15) is 28.3 Å². The average Bonchev–Trinajstić information content (AvgIpc) is 3.09. The summed E-state index contributed by atoms with van der Waals surface area (Å²) in [6.07, 6.45) is 0.579. The first-order chi connectivity index (χ1) is 14.2. The van der Waals surface area contributed by atoms with E-state index < -0.39 is 51.4 Å². The van der Waals surface area contributed by atoms with Gasteiger partial charge in [-0.3, -0.25) is 14.4 Å². The molecule has 30 heavy (non-hydrogen) atoms. The third-order valence-electron chi connectivity index (χ3n) is 5.16. The highest BCUT2D eigenvalue weighted by Crippen LogP contribution is 2.29. The molecule has 0 saturated carbocycles. The SMILES string of the molecule is C[C@H]1COC2Cn3cc(C(=O)NCc4ccc(F)c(Cl)c4F)c(=O)c(O)c3C(=O)N21. The third kappa shape index (κ3) is 3.12. The first-order valence-electron chi connectivity index (χ1n) is 9.02. The van der Waals surface area contributed by atoms with E-state index in [0.717, 1.165) is 18.3 Å². The van der Waals surface area contributed by atoms with Gasteiger partial charge in [0.05, 0.1) is 19.2 Å². The van der Waals surface area contributed by atoms with Crippen LogP contribution in [0.4, 0.5) is 8.78 Å². The van der Waals surface area contributed by atoms with Gasteiger partial charge in [0.1, 0.15) is 22.2 Å². The lowest BCUT2D eigenvalue weighted by Crippen LogP contribution is -2.49. The second kappa shape index (κ2) is 7.37. The zero-order valence-corrected chi connectivity index (χ0v) is 16.4. The van der Waals surface area contributed by atoms with E-state index in [1.54, 1.807) is 6.92 Å². The smallest absolute Gasteiger partial charge is 0.276 e. The minimum Gasteiger partial charge on any atom is -0.503 e. The summed E-state index contributed by atoms with van der Waals surface area (Å²) >= 11 is 5.51. The highest BCUT2D eigenvalue weighted by molar-refractivity contribution is 6.30. The summed E-state index contributed by atoms with van der Waals surface area (Å²) in [6, 6.07) is 1.85. The van der Waals surface area contributed by atoms with Crippen LogP contribution in [0.25, 0.3) is 0 Å². The molecule has 0 aliphatic carbocycles. The van der Waals surface area contributed by atoms with Gasteiger partial charge in [0, 0.05) is 18.3 Å². The van der Waals surface area contributed by atoms with Crippen molar-refractivity contribution in [1.29, 1.82) is 0 Å². The van der Waals surface area contributed by atoms with E-state index in [4.69, 9.17) is 16.3 Å². The summed E-state index contributed by atoms with van der Waals surface area (Å²) in [5, 5.41) is 12.0. The van der Waals surface area contributed by atoms with Crippen LogP contribution >= 0.6 is 11.6 Å². The van der Waals surface area contributed by atoms with Crippen molar-refractivity contribution in [3.63, 3.8) is 0 Å². The molecule has 8 nitrogen and oxygen atoms in total. The van der Waals surface area contributed by atoms with Crippen molar-refractivity contribution in [2.75, 3.05) is 6.61 Å². The lowest BCUT2D eigenvalue weighted by molar-refractivity contribution is 0.00624. The summed E-state index contributed by atoms with van der Waals surface area (Å²) in [4.78, 5) is 39.2. The Balaban J connectivity index is 1.62. The van der Waals surface area contributed by atoms with E-state index in [-0.39, 0.29) is 30.4 Å². The van der Waals surface area contributed by atoms with Gasteiger partial charge >= 0.3 is 0 Å². The number of aromatic nitrogens is 1. The van der Waals surface area contributed by atoms with E-state index in [0.29, 0.717) is 6.61 Å². The van der Waals surface area contributed by atoms with Crippen LogP contribution in [-0.2, 0) is 17.8 Å². The molecule has 4 rings (SSSR count). The third-order valence-corrected chi connectivity index (χ3v) is 5.51. The van der Waals surface area contributed by atoms with Crippen LogP contribution in [0.15, 0.2) is 23.1 Å². The number of hydrogen-bond acceptors (Lipinski definition) is 5. The first kappa shape index (κ1) is 20.3. The highest BCUT2D eigenvalue weighted by atomic mass is 35.5. The molecular weight excluding hydrogens is 424 g/mol. The number of benzene rings is 1. The largest absolute Gasteiger partial charge is 0.503 e. The fourth-order valence-corrected chi connectivity index (χ4v) is 3.79. The molecule has 1 aromatic heterocycles. The fourth-order valence-electron chi connectivity index (χ4n) is 3.61. The van der Waals surface area contributed by atoms with Crippen molar-refractivity contribution in [3.05, 3.63) is 62.0 Å². The number of carbonyl (C=O) groups excluding carboxylic acids is 2. The Morgan fingerprint density at radius 3 is 2.83 bits per heavy atom. The Morgan fingerprint density at radius 2 is 2.10 bits per heavy atom. The van der Waals surface area contributed by atoms with Crippen molar-refractivity contribution in [2.45, 2.75) is 32.3 Å². The van der Waals surface area contributed by atoms with Crippen molar-refractivity contribution in [3.8, 4) is 5.75 Å². The van der Waals surface area contributed by atoms with Crippen LogP contribution < -0.4 is 10.7 Å². The Kier molecular flexibility index (Phi) is 4.99. The minimum absolute atomic E-state index is 0.0869. The fraction of sp³-hybridized carbons (Fsp3) is 0.316. The van der Waals surface area contributed by atoms with Gasteiger partial charge in [-0.25, -0.2) is 8.78 Å². The number of carbonyl (C=O) groups is 2. The molecule has 3 heterocycles. The number of rotatable bonds is 3. The van der Waals surface area contributed by atoms with Gasteiger partial charge in [-0.2, -0.15) is 0 Å². The maximum atomic E-state index is 14.0. The Labute approximate surface area is 173 Å². The van der Waals surface area contributed by atoms with E-state index in [1.165, 1.54) is 9.47 Å². The summed E-state index contributed by atoms with van der Waals surface area (Å²) in [5.74, 6) is -4.28. The Bertz CT molecular complexity index is 1140. The topological polar surface area (TPSA) is 101 Å². The Morgan fingerprint density at radius 1 is 1.37 bits per heavy atom. The normalized spacial score (nSPS) is 20.1. The number of aromatic hydroxyl groups is 1. The van der Waals surface area contributed by atoms with Crippen LogP contribution in [0.2, 0.25) is 5.02 Å². The van der Waals surface area contributed by atoms with Gasteiger partial charge in [0.15, 0.2) is 17.7 Å². The number of ether oxygens (including phenoxy) is 1. The molecule has 1 fully saturated rings. The van der Waals surface area contributed by atoms with Gasteiger partial charge < -0.3 is 24.6 Å². The highest BCUT2D eigenvalue weighted by Gasteiger charge is 2.42. The van der Waals surface area contributed by atoms with E-state index >= 15 is 0 Å². The Hall–Kier alpha value is -2.98. The molecule has 2 N–H and O–H groups in total. The standard InChI is InChI=1S/C19H16ClF2N3O5/c1-8-7-30-12-6-24-5-10(16(26)17(27)15(24)19(29)25(8)12)18(28)23-4-9-2-3-11(21)13(20)14(9)22/h2-3,5,8,12,27H,4,6-7H2,1H3,(H,23,28)/t8-,12?/m0/s1. The van der Waals surface area contributed by atoms with Crippen LogP contribution in [0.1, 0.15) is 33.3 Å². The van der Waals surface area contributed by atoms with Crippen LogP contribution in [-0.4, -0.2) is 45.3 Å². The summed E-state index contributed by atoms with van der Waals surface area (Å²) in [6.45, 7) is 1.85. The predicted octanol–water partition coefficient (Wildman–Crippen LogP) is 1.62. The molecule has 0 radical (unpaired) electrons. The molecule has 0 bridgehead atoms. The number of nitrogens with zero attached hydrogens (tertiary/aromatic N) is 2. The first-order valence-corrected chi connectivity index (χ1v) is 9.39. The van der Waals surface area contributed by atoms with Crippen molar-refractivity contribution >= 4 is 23.4 Å². The molecular formula is C19H16ClF2N3O5. The van der Waals surface area contributed by atoms with E-state index in [1.807, 2.05) is 0 Å². The lowest BCUT2D eigenvalue weighted by Gasteiger charge is -2.33. The minimum atomic E-state index is -1.03. The zero-order chi connectivity index (χ0) is 21.7. The molecule has 2 aromatic rings. The van der Waals surface area contributed by atoms with Gasteiger partial charge in [0.2, 0.25) is 5.43 Å². The summed E-state index contributed by atoms with van der Waals surface area (Å²) in [7, 11) is 0. The second-order valence-corrected chi connectivity index (χ2v) is 7.47. The monoisotopic (exact) mass is 439 g/mol. The van der Waals surface area contributed by atoms with Crippen LogP contribution in [0.5, 0.6) is 5.75 Å². The molecule has 2 amide bonds. The van der Waals surface area contributed by atoms with Crippen molar-refractivity contribution in [2.24, 2.45) is 0 Å². The molecule has 158 valence electrons. The molecule has 2 aliphatic heterocycles. The molecule has 2 atom stereocenters. The number of pyridine rings is 1. The maximum Gasteiger partial charge on any atom is 0.276 e. The molecule has 11 heteroatoms. The average molecular weight is 440 g/mol. The molecule has 2 aliphatic rings. The van der Waals surface area contributed by atoms with Gasteiger partial charge in [-0.15, -0.1) is 0 Å². The van der Waals surface area contributed by atoms with Gasteiger partial charge in [0.25, 0.3) is 11.8 Å². The van der Waals surface area contributed by atoms with Gasteiger partial charge in [-0.05, 0) is 13.0 Å². The molecule has 0 spiro atoms. The van der Waals surface area contributed by atoms with Crippen molar-refractivity contribution < 1.29 is 28.2 Å². The van der Waals surface area contributed by atoms with E-state index in [2.05, 4.69) is 5.32 Å². The quantitative estimate of drug-likeness (QED) is 0.708. The van der Waals surface area contributed by atoms with Crippen molar-refractivity contribution in [1.82, 2.24) is 14.8 Å². The molecule has 1 aromatic carbocycles. The second-order valence-electron chi connectivity index (χ2n) is 7.09. The number of nitrogens with one attached hydrogen (secondary N) is 1. The zero-order valence-electron chi connectivity index (χ0n) is 15.6. The lowest BCUT2D eigenvalue weighted by atomic mass is 10.1. The molecule has 1 unspecified atom stereocenters. The number of amides is 2.